The van der Waals surface area contributed by atoms with Crippen LogP contribution in [0.25, 0.3) is 23.3 Å². The zero-order valence-corrected chi connectivity index (χ0v) is 18.0. The van der Waals surface area contributed by atoms with Crippen molar-refractivity contribution in [1.29, 1.82) is 0 Å². The van der Waals surface area contributed by atoms with Gasteiger partial charge >= 0.3 is 0 Å². The molecule has 0 spiro atoms. The molecule has 0 bridgehead atoms. The van der Waals surface area contributed by atoms with Gasteiger partial charge in [-0.2, -0.15) is 0 Å². The van der Waals surface area contributed by atoms with Crippen LogP contribution in [0.2, 0.25) is 0 Å². The third-order valence-electron chi connectivity index (χ3n) is 4.66. The highest BCUT2D eigenvalue weighted by Gasteiger charge is 2.14. The molecule has 2 amide bonds. The van der Waals surface area contributed by atoms with Gasteiger partial charge in [-0.1, -0.05) is 36.4 Å². The fourth-order valence-electron chi connectivity index (χ4n) is 3.11. The summed E-state index contributed by atoms with van der Waals surface area (Å²) < 4.78 is 23.0. The Morgan fingerprint density at radius 2 is 1.50 bits per heavy atom. The maximum atomic E-state index is 11.9. The van der Waals surface area contributed by atoms with Crippen LogP contribution in [0, 0.1) is 0 Å². The number of nitrogens with two attached hydrogens (primary N) is 3. The van der Waals surface area contributed by atoms with E-state index in [1.54, 1.807) is 42.5 Å². The summed E-state index contributed by atoms with van der Waals surface area (Å²) in [4.78, 5) is 23.0. The quantitative estimate of drug-likeness (QED) is 0.335. The van der Waals surface area contributed by atoms with E-state index < -0.39 is 15.9 Å². The van der Waals surface area contributed by atoms with E-state index in [9.17, 15) is 18.0 Å². The summed E-state index contributed by atoms with van der Waals surface area (Å²) in [5.41, 5.74) is 15.4. The summed E-state index contributed by atoms with van der Waals surface area (Å²) in [5, 5.41) is 7.84. The van der Waals surface area contributed by atoms with Crippen LogP contribution in [0.4, 0.5) is 11.4 Å². The van der Waals surface area contributed by atoms with Gasteiger partial charge in [-0.05, 0) is 53.1 Å². The monoisotopic (exact) mass is 450 g/mol. The number of carbonyl (C=O) groups is 2. The summed E-state index contributed by atoms with van der Waals surface area (Å²) in [5.74, 6) is -0.835. The average molecular weight is 451 g/mol. The minimum atomic E-state index is -3.83. The standard InChI is InChI=1S/C23H22N4O4S/c1-14(28)27-18-8-4-15(5-9-18)2-3-16-12-20(22(24)21(13-16)23(25)29)17-6-10-19(11-7-17)32(26,30)31/h2-13H,24H2,1H3,(H2,25,29)(H,27,28)(H2,26,30,31). The van der Waals surface area contributed by atoms with E-state index in [2.05, 4.69) is 5.32 Å². The molecule has 0 aliphatic rings. The second kappa shape index (κ2) is 9.04. The highest BCUT2D eigenvalue weighted by atomic mass is 32.2. The van der Waals surface area contributed by atoms with E-state index in [0.717, 1.165) is 5.56 Å². The number of sulfonamides is 1. The molecule has 164 valence electrons. The van der Waals surface area contributed by atoms with Crippen LogP contribution in [0.15, 0.2) is 65.6 Å². The Morgan fingerprint density at radius 1 is 0.906 bits per heavy atom. The fourth-order valence-corrected chi connectivity index (χ4v) is 3.63. The number of hydrogen-bond donors (Lipinski definition) is 4. The molecule has 3 aromatic carbocycles. The minimum absolute atomic E-state index is 0.0336. The Labute approximate surface area is 185 Å². The zero-order valence-electron chi connectivity index (χ0n) is 17.2. The molecule has 0 atom stereocenters. The van der Waals surface area contributed by atoms with Crippen LogP contribution in [-0.4, -0.2) is 20.2 Å². The van der Waals surface area contributed by atoms with Crippen molar-refractivity contribution >= 4 is 45.4 Å². The summed E-state index contributed by atoms with van der Waals surface area (Å²) >= 11 is 0. The number of primary amides is 1. The molecular formula is C23H22N4O4S. The van der Waals surface area contributed by atoms with E-state index in [-0.39, 0.29) is 22.1 Å². The third kappa shape index (κ3) is 5.39. The highest BCUT2D eigenvalue weighted by molar-refractivity contribution is 7.89. The molecule has 0 aromatic heterocycles. The van der Waals surface area contributed by atoms with Crippen LogP contribution in [-0.2, 0) is 14.8 Å². The van der Waals surface area contributed by atoms with Gasteiger partial charge in [-0.3, -0.25) is 9.59 Å². The number of hydrogen-bond acceptors (Lipinski definition) is 5. The summed E-state index contributed by atoms with van der Waals surface area (Å²) in [6.07, 6.45) is 3.63. The normalized spacial score (nSPS) is 11.4. The lowest BCUT2D eigenvalue weighted by molar-refractivity contribution is -0.114. The Hall–Kier alpha value is -3.95. The molecule has 8 nitrogen and oxygen atoms in total. The lowest BCUT2D eigenvalue weighted by Gasteiger charge is -2.12. The third-order valence-corrected chi connectivity index (χ3v) is 5.59. The highest BCUT2D eigenvalue weighted by Crippen LogP contribution is 2.31. The second-order valence-electron chi connectivity index (χ2n) is 7.10. The summed E-state index contributed by atoms with van der Waals surface area (Å²) in [6.45, 7) is 1.44. The predicted octanol–water partition coefficient (Wildman–Crippen LogP) is 2.81. The zero-order chi connectivity index (χ0) is 23.5. The van der Waals surface area contributed by atoms with Gasteiger partial charge in [0.25, 0.3) is 5.91 Å². The van der Waals surface area contributed by atoms with Crippen LogP contribution in [0.3, 0.4) is 0 Å². The van der Waals surface area contributed by atoms with Gasteiger partial charge in [0.1, 0.15) is 0 Å². The van der Waals surface area contributed by atoms with Crippen molar-refractivity contribution in [3.05, 3.63) is 77.4 Å². The van der Waals surface area contributed by atoms with E-state index in [1.807, 2.05) is 18.2 Å². The van der Waals surface area contributed by atoms with Crippen molar-refractivity contribution in [2.45, 2.75) is 11.8 Å². The van der Waals surface area contributed by atoms with Gasteiger partial charge in [0.2, 0.25) is 15.9 Å². The molecule has 0 fully saturated rings. The summed E-state index contributed by atoms with van der Waals surface area (Å²) in [7, 11) is -3.83. The number of rotatable bonds is 6. The number of amides is 2. The van der Waals surface area contributed by atoms with Crippen LogP contribution in [0.1, 0.15) is 28.4 Å². The van der Waals surface area contributed by atoms with Gasteiger partial charge in [0, 0.05) is 18.2 Å². The Balaban J connectivity index is 1.98. The molecule has 3 aromatic rings. The fraction of sp³-hybridized carbons (Fsp3) is 0.0435. The lowest BCUT2D eigenvalue weighted by Crippen LogP contribution is -2.14. The van der Waals surface area contributed by atoms with Crippen LogP contribution in [0.5, 0.6) is 0 Å². The van der Waals surface area contributed by atoms with E-state index in [0.29, 0.717) is 22.4 Å². The number of anilines is 2. The molecule has 9 heteroatoms. The van der Waals surface area contributed by atoms with E-state index in [1.165, 1.54) is 19.1 Å². The van der Waals surface area contributed by atoms with Crippen molar-refractivity contribution in [3.63, 3.8) is 0 Å². The number of nitrogen functional groups attached to an aromatic ring is 1. The Morgan fingerprint density at radius 3 is 2.03 bits per heavy atom. The maximum absolute atomic E-state index is 11.9. The molecule has 3 rings (SSSR count). The molecule has 0 saturated heterocycles. The largest absolute Gasteiger partial charge is 0.398 e. The smallest absolute Gasteiger partial charge is 0.250 e. The van der Waals surface area contributed by atoms with Crippen molar-refractivity contribution in [1.82, 2.24) is 0 Å². The molecule has 0 aliphatic heterocycles. The van der Waals surface area contributed by atoms with Crippen molar-refractivity contribution in [2.75, 3.05) is 11.1 Å². The van der Waals surface area contributed by atoms with Gasteiger partial charge in [0.15, 0.2) is 0 Å². The first kappa shape index (κ1) is 22.7. The van der Waals surface area contributed by atoms with Crippen molar-refractivity contribution in [2.24, 2.45) is 10.9 Å². The molecule has 0 aliphatic carbocycles. The van der Waals surface area contributed by atoms with Gasteiger partial charge in [0.05, 0.1) is 16.1 Å². The predicted molar refractivity (Wildman–Crippen MR) is 126 cm³/mol. The van der Waals surface area contributed by atoms with Gasteiger partial charge in [-0.25, -0.2) is 13.6 Å². The second-order valence-corrected chi connectivity index (χ2v) is 8.66. The molecule has 7 N–H and O–H groups in total. The molecule has 32 heavy (non-hydrogen) atoms. The molecule has 0 heterocycles. The number of nitrogens with one attached hydrogen (secondary N) is 1. The first-order valence-corrected chi connectivity index (χ1v) is 11.0. The first-order valence-electron chi connectivity index (χ1n) is 9.47. The van der Waals surface area contributed by atoms with Gasteiger partial charge < -0.3 is 16.8 Å². The molecule has 0 radical (unpaired) electrons. The number of primary sulfonamides is 1. The van der Waals surface area contributed by atoms with Crippen LogP contribution >= 0.6 is 0 Å². The average Bonchev–Trinajstić information content (AvgIpc) is 2.73. The number of benzene rings is 3. The van der Waals surface area contributed by atoms with Gasteiger partial charge in [-0.15, -0.1) is 0 Å². The SMILES string of the molecule is CC(=O)Nc1ccc(C=Cc2cc(C(N)=O)c(N)c(-c3ccc(S(N)(=O)=O)cc3)c2)cc1. The Kier molecular flexibility index (Phi) is 6.42. The molecule has 0 unspecified atom stereocenters. The van der Waals surface area contributed by atoms with E-state index in [4.69, 9.17) is 16.6 Å². The minimum Gasteiger partial charge on any atom is -0.398 e. The van der Waals surface area contributed by atoms with Crippen molar-refractivity contribution < 1.29 is 18.0 Å². The topological polar surface area (TPSA) is 158 Å². The molecular weight excluding hydrogens is 428 g/mol. The van der Waals surface area contributed by atoms with Crippen LogP contribution < -0.4 is 21.9 Å². The van der Waals surface area contributed by atoms with Crippen molar-refractivity contribution in [3.8, 4) is 11.1 Å². The van der Waals surface area contributed by atoms with E-state index >= 15 is 0 Å². The summed E-state index contributed by atoms with van der Waals surface area (Å²) in [6, 6.07) is 16.4. The lowest BCUT2D eigenvalue weighted by atomic mass is 9.96. The first-order chi connectivity index (χ1) is 15.0. The Bertz CT molecular complexity index is 1310. The number of carbonyl (C=O) groups excluding carboxylic acids is 2. The molecule has 0 saturated carbocycles. The maximum Gasteiger partial charge on any atom is 0.250 e.